The number of carbonyl (C=O) groups is 2. The van der Waals surface area contributed by atoms with Gasteiger partial charge in [-0.2, -0.15) is 13.2 Å². The number of ether oxygens (including phenoxy) is 2. The van der Waals surface area contributed by atoms with Crippen molar-refractivity contribution >= 4 is 23.4 Å². The second kappa shape index (κ2) is 12.2. The number of hydrogen-bond acceptors (Lipinski definition) is 6. The predicted molar refractivity (Wildman–Crippen MR) is 108 cm³/mol. The number of aliphatic hydroxyl groups is 1. The number of pyridine rings is 1. The molecule has 0 spiro atoms. The normalized spacial score (nSPS) is 12.1. The summed E-state index contributed by atoms with van der Waals surface area (Å²) in [5.74, 6) is -1.91. The molecule has 0 saturated heterocycles. The van der Waals surface area contributed by atoms with E-state index in [2.05, 4.69) is 15.6 Å². The molecule has 0 bridgehead atoms. The SMILES string of the molecule is O=C(COc1ccc(Cl)c(F)c1)NCCC(O)CNC(=O)COc1ccnc(C(F)(F)F)c1. The van der Waals surface area contributed by atoms with Crippen molar-refractivity contribution in [2.45, 2.75) is 18.7 Å². The van der Waals surface area contributed by atoms with Gasteiger partial charge in [0.25, 0.3) is 11.8 Å². The zero-order chi connectivity index (χ0) is 24.4. The number of aliphatic hydroxyl groups excluding tert-OH is 1. The summed E-state index contributed by atoms with van der Waals surface area (Å²) in [5.41, 5.74) is -1.15. The van der Waals surface area contributed by atoms with Crippen LogP contribution in [0.3, 0.4) is 0 Å². The summed E-state index contributed by atoms with van der Waals surface area (Å²) in [6, 6.07) is 5.57. The summed E-state index contributed by atoms with van der Waals surface area (Å²) < 4.78 is 61.2. The Morgan fingerprint density at radius 1 is 1.06 bits per heavy atom. The fourth-order valence-corrected chi connectivity index (χ4v) is 2.45. The molecule has 3 N–H and O–H groups in total. The number of alkyl halides is 3. The maximum Gasteiger partial charge on any atom is 0.433 e. The van der Waals surface area contributed by atoms with Crippen molar-refractivity contribution in [3.63, 3.8) is 0 Å². The predicted octanol–water partition coefficient (Wildman–Crippen LogP) is 2.33. The van der Waals surface area contributed by atoms with Gasteiger partial charge in [-0.3, -0.25) is 14.6 Å². The molecule has 33 heavy (non-hydrogen) atoms. The van der Waals surface area contributed by atoms with E-state index in [9.17, 15) is 32.3 Å². The van der Waals surface area contributed by atoms with Crippen LogP contribution in [0, 0.1) is 5.82 Å². The lowest BCUT2D eigenvalue weighted by Crippen LogP contribution is -2.37. The van der Waals surface area contributed by atoms with Crippen LogP contribution < -0.4 is 20.1 Å². The molecule has 180 valence electrons. The molecule has 1 heterocycles. The first-order chi connectivity index (χ1) is 15.5. The van der Waals surface area contributed by atoms with Crippen molar-refractivity contribution in [1.29, 1.82) is 0 Å². The average Bonchev–Trinajstić information content (AvgIpc) is 2.76. The quantitative estimate of drug-likeness (QED) is 0.415. The van der Waals surface area contributed by atoms with Crippen molar-refractivity contribution in [2.24, 2.45) is 0 Å². The van der Waals surface area contributed by atoms with Gasteiger partial charge in [0.1, 0.15) is 23.0 Å². The van der Waals surface area contributed by atoms with Gasteiger partial charge in [-0.25, -0.2) is 4.39 Å². The van der Waals surface area contributed by atoms with Gasteiger partial charge in [0.2, 0.25) is 0 Å². The maximum absolute atomic E-state index is 13.3. The minimum Gasteiger partial charge on any atom is -0.484 e. The van der Waals surface area contributed by atoms with Crippen LogP contribution in [0.4, 0.5) is 17.6 Å². The van der Waals surface area contributed by atoms with Crippen LogP contribution >= 0.6 is 11.6 Å². The van der Waals surface area contributed by atoms with Crippen molar-refractivity contribution in [1.82, 2.24) is 15.6 Å². The number of aromatic nitrogens is 1. The van der Waals surface area contributed by atoms with E-state index in [1.165, 1.54) is 18.2 Å². The Hall–Kier alpha value is -3.12. The minimum atomic E-state index is -4.64. The van der Waals surface area contributed by atoms with E-state index >= 15 is 0 Å². The van der Waals surface area contributed by atoms with E-state index in [-0.39, 0.29) is 42.6 Å². The highest BCUT2D eigenvalue weighted by molar-refractivity contribution is 6.30. The Bertz CT molecular complexity index is 962. The van der Waals surface area contributed by atoms with E-state index in [0.717, 1.165) is 12.3 Å². The minimum absolute atomic E-state index is 0.0714. The number of amides is 2. The molecule has 0 radical (unpaired) electrons. The standard InChI is InChI=1S/C20H20ClF4N3O5/c21-15-2-1-13(7-16(15)22)32-10-18(30)27-5-3-12(29)9-28-19(31)11-33-14-4-6-26-17(8-14)20(23,24)25/h1-2,4,6-8,12,29H,3,5,9-11H2,(H,27,30)(H,28,31). The summed E-state index contributed by atoms with van der Waals surface area (Å²) in [7, 11) is 0. The largest absolute Gasteiger partial charge is 0.484 e. The third-order valence-electron chi connectivity index (χ3n) is 3.99. The van der Waals surface area contributed by atoms with Crippen LogP contribution in [0.1, 0.15) is 12.1 Å². The van der Waals surface area contributed by atoms with Crippen LogP contribution in [0.25, 0.3) is 0 Å². The molecule has 0 saturated carbocycles. The topological polar surface area (TPSA) is 110 Å². The van der Waals surface area contributed by atoms with Crippen molar-refractivity contribution < 1.29 is 41.7 Å². The molecule has 0 aliphatic heterocycles. The van der Waals surface area contributed by atoms with Gasteiger partial charge in [0, 0.05) is 31.4 Å². The summed E-state index contributed by atoms with van der Waals surface area (Å²) in [5, 5.41) is 14.6. The van der Waals surface area contributed by atoms with E-state index in [0.29, 0.717) is 6.07 Å². The van der Waals surface area contributed by atoms with Crippen molar-refractivity contribution in [3.05, 3.63) is 53.1 Å². The summed E-state index contributed by atoms with van der Waals surface area (Å²) >= 11 is 5.55. The highest BCUT2D eigenvalue weighted by Gasteiger charge is 2.32. The van der Waals surface area contributed by atoms with E-state index < -0.39 is 42.2 Å². The number of nitrogens with one attached hydrogen (secondary N) is 2. The van der Waals surface area contributed by atoms with E-state index in [1.807, 2.05) is 0 Å². The van der Waals surface area contributed by atoms with Gasteiger partial charge < -0.3 is 25.2 Å². The van der Waals surface area contributed by atoms with E-state index in [4.69, 9.17) is 21.1 Å². The molecule has 2 amide bonds. The molecule has 13 heteroatoms. The lowest BCUT2D eigenvalue weighted by molar-refractivity contribution is -0.141. The summed E-state index contributed by atoms with van der Waals surface area (Å²) in [4.78, 5) is 26.6. The Morgan fingerprint density at radius 2 is 1.70 bits per heavy atom. The van der Waals surface area contributed by atoms with Gasteiger partial charge in [-0.05, 0) is 24.6 Å². The molecule has 1 aromatic carbocycles. The smallest absolute Gasteiger partial charge is 0.433 e. The molecule has 0 aliphatic carbocycles. The van der Waals surface area contributed by atoms with Gasteiger partial charge in [-0.1, -0.05) is 11.6 Å². The maximum atomic E-state index is 13.3. The third kappa shape index (κ3) is 9.49. The Balaban J connectivity index is 1.60. The number of hydrogen-bond donors (Lipinski definition) is 3. The molecule has 0 fully saturated rings. The fraction of sp³-hybridized carbons (Fsp3) is 0.350. The number of carbonyl (C=O) groups excluding carboxylic acids is 2. The van der Waals surface area contributed by atoms with Crippen LogP contribution in [-0.2, 0) is 15.8 Å². The van der Waals surface area contributed by atoms with Crippen molar-refractivity contribution in [2.75, 3.05) is 26.3 Å². The summed E-state index contributed by atoms with van der Waals surface area (Å²) in [6.45, 7) is -1.03. The molecule has 0 aliphatic rings. The van der Waals surface area contributed by atoms with Crippen LogP contribution in [0.2, 0.25) is 5.02 Å². The molecule has 1 aromatic heterocycles. The zero-order valence-corrected chi connectivity index (χ0v) is 17.8. The molecule has 8 nitrogen and oxygen atoms in total. The zero-order valence-electron chi connectivity index (χ0n) is 17.0. The van der Waals surface area contributed by atoms with E-state index in [1.54, 1.807) is 0 Å². The average molecular weight is 494 g/mol. The molecular weight excluding hydrogens is 474 g/mol. The molecule has 2 aromatic rings. The molecule has 1 atom stereocenters. The molecule has 1 unspecified atom stereocenters. The summed E-state index contributed by atoms with van der Waals surface area (Å²) in [6.07, 6.45) is -4.63. The highest BCUT2D eigenvalue weighted by atomic mass is 35.5. The van der Waals surface area contributed by atoms with Crippen molar-refractivity contribution in [3.8, 4) is 11.5 Å². The Kier molecular flexibility index (Phi) is 9.67. The van der Waals surface area contributed by atoms with Gasteiger partial charge in [0.05, 0.1) is 11.1 Å². The first-order valence-electron chi connectivity index (χ1n) is 9.50. The van der Waals surface area contributed by atoms with Gasteiger partial charge in [0.15, 0.2) is 13.2 Å². The number of benzene rings is 1. The third-order valence-corrected chi connectivity index (χ3v) is 4.29. The van der Waals surface area contributed by atoms with Crippen LogP contribution in [0.15, 0.2) is 36.5 Å². The first-order valence-corrected chi connectivity index (χ1v) is 9.87. The lowest BCUT2D eigenvalue weighted by atomic mass is 10.2. The monoisotopic (exact) mass is 493 g/mol. The second-order valence-corrected chi connectivity index (χ2v) is 7.03. The second-order valence-electron chi connectivity index (χ2n) is 6.62. The number of halogens is 5. The Labute approximate surface area is 190 Å². The van der Waals surface area contributed by atoms with Gasteiger partial charge in [-0.15, -0.1) is 0 Å². The molecular formula is C20H20ClF4N3O5. The van der Waals surface area contributed by atoms with Crippen LogP contribution in [0.5, 0.6) is 11.5 Å². The number of nitrogens with zero attached hydrogens (tertiary/aromatic N) is 1. The lowest BCUT2D eigenvalue weighted by Gasteiger charge is -2.13. The number of rotatable bonds is 11. The molecule has 2 rings (SSSR count). The van der Waals surface area contributed by atoms with Gasteiger partial charge >= 0.3 is 6.18 Å². The highest BCUT2D eigenvalue weighted by Crippen LogP contribution is 2.29. The first kappa shape index (κ1) is 26.1. The van der Waals surface area contributed by atoms with Crippen LogP contribution in [-0.4, -0.2) is 54.3 Å². The fourth-order valence-electron chi connectivity index (χ4n) is 2.33. The Morgan fingerprint density at radius 3 is 2.33 bits per heavy atom.